The molecule has 2 aliphatic rings. The lowest BCUT2D eigenvalue weighted by atomic mass is 10.1. The first kappa shape index (κ1) is 15.2. The summed E-state index contributed by atoms with van der Waals surface area (Å²) in [7, 11) is 0. The second-order valence-electron chi connectivity index (χ2n) is 6.41. The molecule has 1 aromatic rings. The normalized spacial score (nSPS) is 26.2. The Morgan fingerprint density at radius 2 is 1.81 bits per heavy atom. The summed E-state index contributed by atoms with van der Waals surface area (Å²) in [4.78, 5) is 2.53. The highest BCUT2D eigenvalue weighted by atomic mass is 32.2. The fraction of sp³-hybridized carbons (Fsp3) is 0.667. The summed E-state index contributed by atoms with van der Waals surface area (Å²) in [5.41, 5.74) is 2.82. The molecule has 1 saturated carbocycles. The molecule has 1 aromatic carbocycles. The SMILES string of the molecule is CSC1CCCC1NCc1ccc(N2CCCCC2)cc1. The van der Waals surface area contributed by atoms with Crippen LogP contribution in [0.2, 0.25) is 0 Å². The monoisotopic (exact) mass is 304 g/mol. The number of rotatable bonds is 5. The van der Waals surface area contributed by atoms with Gasteiger partial charge in [0.25, 0.3) is 0 Å². The molecule has 2 unspecified atom stereocenters. The highest BCUT2D eigenvalue weighted by molar-refractivity contribution is 7.99. The minimum Gasteiger partial charge on any atom is -0.372 e. The zero-order valence-electron chi connectivity index (χ0n) is 13.2. The summed E-state index contributed by atoms with van der Waals surface area (Å²) < 4.78 is 0. The Labute approximate surface area is 133 Å². The van der Waals surface area contributed by atoms with E-state index < -0.39 is 0 Å². The van der Waals surface area contributed by atoms with Gasteiger partial charge >= 0.3 is 0 Å². The van der Waals surface area contributed by atoms with Crippen molar-refractivity contribution < 1.29 is 0 Å². The first-order valence-corrected chi connectivity index (χ1v) is 9.75. The van der Waals surface area contributed by atoms with E-state index in [1.54, 1.807) is 0 Å². The maximum absolute atomic E-state index is 3.76. The lowest BCUT2D eigenvalue weighted by molar-refractivity contribution is 0.532. The average Bonchev–Trinajstić information content (AvgIpc) is 3.02. The molecule has 1 saturated heterocycles. The fourth-order valence-electron chi connectivity index (χ4n) is 3.67. The van der Waals surface area contributed by atoms with Gasteiger partial charge in [-0.15, -0.1) is 0 Å². The zero-order valence-corrected chi connectivity index (χ0v) is 14.0. The topological polar surface area (TPSA) is 15.3 Å². The predicted molar refractivity (Wildman–Crippen MR) is 94.3 cm³/mol. The van der Waals surface area contributed by atoms with E-state index in [-0.39, 0.29) is 0 Å². The molecule has 0 aromatic heterocycles. The van der Waals surface area contributed by atoms with Crippen LogP contribution in [-0.2, 0) is 6.54 Å². The number of nitrogens with one attached hydrogen (secondary N) is 1. The number of hydrogen-bond donors (Lipinski definition) is 1. The van der Waals surface area contributed by atoms with E-state index in [1.165, 1.54) is 62.9 Å². The van der Waals surface area contributed by atoms with Gasteiger partial charge in [-0.3, -0.25) is 0 Å². The van der Waals surface area contributed by atoms with Gasteiger partial charge in [0.1, 0.15) is 0 Å². The third-order valence-corrected chi connectivity index (χ3v) is 6.15. The Hall–Kier alpha value is -0.670. The maximum Gasteiger partial charge on any atom is 0.0366 e. The van der Waals surface area contributed by atoms with Crippen LogP contribution in [0.1, 0.15) is 44.1 Å². The van der Waals surface area contributed by atoms with Crippen LogP contribution in [0.3, 0.4) is 0 Å². The highest BCUT2D eigenvalue weighted by Crippen LogP contribution is 2.28. The molecule has 1 heterocycles. The molecule has 116 valence electrons. The zero-order chi connectivity index (χ0) is 14.5. The third kappa shape index (κ3) is 3.95. The number of piperidine rings is 1. The van der Waals surface area contributed by atoms with Gasteiger partial charge in [-0.1, -0.05) is 18.6 Å². The molecule has 2 nitrogen and oxygen atoms in total. The van der Waals surface area contributed by atoms with Crippen molar-refractivity contribution in [3.05, 3.63) is 29.8 Å². The van der Waals surface area contributed by atoms with Crippen LogP contribution in [0.15, 0.2) is 24.3 Å². The van der Waals surface area contributed by atoms with Gasteiger partial charge in [0, 0.05) is 36.6 Å². The second kappa shape index (κ2) is 7.55. The van der Waals surface area contributed by atoms with Crippen molar-refractivity contribution in [1.29, 1.82) is 0 Å². The number of thioether (sulfide) groups is 1. The summed E-state index contributed by atoms with van der Waals surface area (Å²) in [6.45, 7) is 3.48. The van der Waals surface area contributed by atoms with E-state index in [0.717, 1.165) is 11.8 Å². The molecule has 3 rings (SSSR count). The van der Waals surface area contributed by atoms with Gasteiger partial charge in [0.15, 0.2) is 0 Å². The molecular formula is C18H28N2S. The average molecular weight is 305 g/mol. The molecular weight excluding hydrogens is 276 g/mol. The smallest absolute Gasteiger partial charge is 0.0366 e. The largest absolute Gasteiger partial charge is 0.372 e. The molecule has 3 heteroatoms. The second-order valence-corrected chi connectivity index (χ2v) is 7.48. The minimum absolute atomic E-state index is 0.710. The Kier molecular flexibility index (Phi) is 5.48. The lowest BCUT2D eigenvalue weighted by Gasteiger charge is -2.29. The summed E-state index contributed by atoms with van der Waals surface area (Å²) in [6, 6.07) is 9.94. The van der Waals surface area contributed by atoms with Crippen LogP contribution >= 0.6 is 11.8 Å². The van der Waals surface area contributed by atoms with Crippen LogP contribution in [0.5, 0.6) is 0 Å². The van der Waals surface area contributed by atoms with Crippen molar-refractivity contribution >= 4 is 17.4 Å². The van der Waals surface area contributed by atoms with Gasteiger partial charge in [-0.05, 0) is 56.1 Å². The number of benzene rings is 1. The molecule has 0 amide bonds. The molecule has 21 heavy (non-hydrogen) atoms. The van der Waals surface area contributed by atoms with Crippen LogP contribution in [0, 0.1) is 0 Å². The Balaban J connectivity index is 1.52. The van der Waals surface area contributed by atoms with Crippen LogP contribution in [0.25, 0.3) is 0 Å². The van der Waals surface area contributed by atoms with Crippen molar-refractivity contribution in [2.24, 2.45) is 0 Å². The van der Waals surface area contributed by atoms with E-state index in [1.807, 2.05) is 11.8 Å². The van der Waals surface area contributed by atoms with Gasteiger partial charge in [0.05, 0.1) is 0 Å². The summed E-state index contributed by atoms with van der Waals surface area (Å²) >= 11 is 2.03. The first-order valence-electron chi connectivity index (χ1n) is 8.47. The van der Waals surface area contributed by atoms with E-state index in [4.69, 9.17) is 0 Å². The number of nitrogens with zero attached hydrogens (tertiary/aromatic N) is 1. The van der Waals surface area contributed by atoms with Crippen LogP contribution in [0.4, 0.5) is 5.69 Å². The van der Waals surface area contributed by atoms with Crippen molar-refractivity contribution in [3.8, 4) is 0 Å². The summed E-state index contributed by atoms with van der Waals surface area (Å²) in [5.74, 6) is 0. The molecule has 2 atom stereocenters. The Bertz CT molecular complexity index is 425. The molecule has 1 N–H and O–H groups in total. The fourth-order valence-corrected chi connectivity index (χ4v) is 4.63. The van der Waals surface area contributed by atoms with Crippen molar-refractivity contribution in [2.45, 2.75) is 56.4 Å². The lowest BCUT2D eigenvalue weighted by Crippen LogP contribution is -2.33. The maximum atomic E-state index is 3.76. The quantitative estimate of drug-likeness (QED) is 0.883. The van der Waals surface area contributed by atoms with Crippen LogP contribution in [-0.4, -0.2) is 30.6 Å². The molecule has 1 aliphatic heterocycles. The predicted octanol–water partition coefficient (Wildman–Crippen LogP) is 4.05. The van der Waals surface area contributed by atoms with Crippen molar-refractivity contribution in [3.63, 3.8) is 0 Å². The van der Waals surface area contributed by atoms with Gasteiger partial charge < -0.3 is 10.2 Å². The van der Waals surface area contributed by atoms with E-state index >= 15 is 0 Å². The Morgan fingerprint density at radius 3 is 2.52 bits per heavy atom. The number of anilines is 1. The first-order chi connectivity index (χ1) is 10.4. The highest BCUT2D eigenvalue weighted by Gasteiger charge is 2.25. The minimum atomic E-state index is 0.710. The summed E-state index contributed by atoms with van der Waals surface area (Å²) in [6.07, 6.45) is 10.5. The van der Waals surface area contributed by atoms with E-state index in [0.29, 0.717) is 6.04 Å². The van der Waals surface area contributed by atoms with Gasteiger partial charge in [0.2, 0.25) is 0 Å². The van der Waals surface area contributed by atoms with E-state index in [9.17, 15) is 0 Å². The molecule has 2 fully saturated rings. The molecule has 1 aliphatic carbocycles. The van der Waals surface area contributed by atoms with Crippen LogP contribution < -0.4 is 10.2 Å². The molecule has 0 radical (unpaired) electrons. The molecule has 0 bridgehead atoms. The summed E-state index contributed by atoms with van der Waals surface area (Å²) in [5, 5.41) is 4.58. The Morgan fingerprint density at radius 1 is 1.05 bits per heavy atom. The molecule has 0 spiro atoms. The third-order valence-electron chi connectivity index (χ3n) is 4.98. The standard InChI is InChI=1S/C18H28N2S/c1-21-18-7-5-6-17(18)19-14-15-8-10-16(11-9-15)20-12-3-2-4-13-20/h8-11,17-19H,2-7,12-14H2,1H3. The van der Waals surface area contributed by atoms with Crippen molar-refractivity contribution in [2.75, 3.05) is 24.2 Å². The van der Waals surface area contributed by atoms with Gasteiger partial charge in [-0.25, -0.2) is 0 Å². The van der Waals surface area contributed by atoms with Crippen molar-refractivity contribution in [1.82, 2.24) is 5.32 Å². The van der Waals surface area contributed by atoms with E-state index in [2.05, 4.69) is 40.7 Å². The number of hydrogen-bond acceptors (Lipinski definition) is 3. The van der Waals surface area contributed by atoms with Gasteiger partial charge in [-0.2, -0.15) is 11.8 Å².